The summed E-state index contributed by atoms with van der Waals surface area (Å²) in [5.74, 6) is 3.41. The number of anilines is 2. The fourth-order valence-corrected chi connectivity index (χ4v) is 5.74. The normalized spacial score (nSPS) is 15.1. The van der Waals surface area contributed by atoms with Gasteiger partial charge in [0, 0.05) is 16.8 Å². The fourth-order valence-electron chi connectivity index (χ4n) is 5.74. The Bertz CT molecular complexity index is 1860. The largest absolute Gasteiger partial charge is 0.493 e. The minimum atomic E-state index is -0.332. The number of aromatic nitrogens is 2. The zero-order valence-electron chi connectivity index (χ0n) is 23.9. The van der Waals surface area contributed by atoms with Gasteiger partial charge in [-0.25, -0.2) is 14.7 Å². The molecule has 5 aromatic rings. The van der Waals surface area contributed by atoms with Crippen LogP contribution in [0.25, 0.3) is 5.69 Å². The number of aliphatic imine (C=N–C) groups is 2. The van der Waals surface area contributed by atoms with Crippen LogP contribution in [0.15, 0.2) is 107 Å². The summed E-state index contributed by atoms with van der Waals surface area (Å²) < 4.78 is 13.7. The number of para-hydroxylation sites is 4. The van der Waals surface area contributed by atoms with E-state index in [0.29, 0.717) is 23.2 Å². The van der Waals surface area contributed by atoms with Crippen LogP contribution in [0.2, 0.25) is 0 Å². The molecule has 0 aliphatic carbocycles. The number of methoxy groups -OCH3 is 2. The van der Waals surface area contributed by atoms with Crippen molar-refractivity contribution in [3.8, 4) is 17.2 Å². The maximum absolute atomic E-state index is 6.00. The number of ether oxygens (including phenoxy) is 2. The smallest absolute Gasteiger partial charge is 0.179 e. The number of hydrogen-bond acceptors (Lipinski definition) is 7. The minimum absolute atomic E-state index is 0.332. The van der Waals surface area contributed by atoms with Gasteiger partial charge in [-0.15, -0.1) is 0 Å². The first-order chi connectivity index (χ1) is 20.6. The van der Waals surface area contributed by atoms with E-state index in [1.165, 1.54) is 5.56 Å². The zero-order valence-corrected chi connectivity index (χ0v) is 23.9. The number of rotatable bonds is 5. The molecule has 42 heavy (non-hydrogen) atoms. The summed E-state index contributed by atoms with van der Waals surface area (Å²) in [5, 5.41) is 8.58. The van der Waals surface area contributed by atoms with Crippen molar-refractivity contribution < 1.29 is 9.47 Å². The lowest BCUT2D eigenvalue weighted by atomic mass is 9.92. The molecule has 7 rings (SSSR count). The Morgan fingerprint density at radius 3 is 2.29 bits per heavy atom. The summed E-state index contributed by atoms with van der Waals surface area (Å²) in [4.78, 5) is 12.6. The average Bonchev–Trinajstić information content (AvgIpc) is 3.37. The molecule has 2 aliphatic heterocycles. The molecule has 4 aromatic carbocycles. The molecule has 8 nitrogen and oxygen atoms in total. The Labute approximate surface area is 244 Å². The molecular formula is C34H30N6O2. The van der Waals surface area contributed by atoms with E-state index in [-0.39, 0.29) is 6.04 Å². The highest BCUT2D eigenvalue weighted by atomic mass is 16.5. The SMILES string of the molecule is COc1cccc([C@@H]2c3c(C)nn(-c4ccccc4)c3N=C3C(Nc4ccc(C)cc4)=Nc4ccccc4N32)c1OC. The van der Waals surface area contributed by atoms with E-state index in [1.807, 2.05) is 72.3 Å². The summed E-state index contributed by atoms with van der Waals surface area (Å²) in [7, 11) is 3.34. The van der Waals surface area contributed by atoms with Crippen molar-refractivity contribution in [2.75, 3.05) is 24.4 Å². The second kappa shape index (κ2) is 10.2. The summed E-state index contributed by atoms with van der Waals surface area (Å²) in [6.07, 6.45) is 0. The molecule has 0 amide bonds. The van der Waals surface area contributed by atoms with Crippen LogP contribution in [0.5, 0.6) is 11.5 Å². The average molecular weight is 555 g/mol. The van der Waals surface area contributed by atoms with Gasteiger partial charge in [0.1, 0.15) is 0 Å². The van der Waals surface area contributed by atoms with Crippen LogP contribution < -0.4 is 19.7 Å². The Morgan fingerprint density at radius 2 is 1.52 bits per heavy atom. The van der Waals surface area contributed by atoms with E-state index in [4.69, 9.17) is 24.6 Å². The molecule has 0 saturated heterocycles. The number of aryl methyl sites for hydroxylation is 2. The van der Waals surface area contributed by atoms with Crippen molar-refractivity contribution in [3.63, 3.8) is 0 Å². The molecule has 0 bridgehead atoms. The molecule has 1 N–H and O–H groups in total. The fraction of sp³-hybridized carbons (Fsp3) is 0.147. The van der Waals surface area contributed by atoms with Gasteiger partial charge in [0.05, 0.1) is 43.0 Å². The highest BCUT2D eigenvalue weighted by Crippen LogP contribution is 2.51. The number of fused-ring (bicyclic) bond motifs is 4. The van der Waals surface area contributed by atoms with Crippen LogP contribution in [0.4, 0.5) is 22.9 Å². The molecule has 0 saturated carbocycles. The quantitative estimate of drug-likeness (QED) is 0.247. The predicted octanol–water partition coefficient (Wildman–Crippen LogP) is 7.30. The summed E-state index contributed by atoms with van der Waals surface area (Å²) >= 11 is 0. The third kappa shape index (κ3) is 4.11. The zero-order chi connectivity index (χ0) is 28.8. The minimum Gasteiger partial charge on any atom is -0.493 e. The van der Waals surface area contributed by atoms with Gasteiger partial charge in [0.15, 0.2) is 29.0 Å². The van der Waals surface area contributed by atoms with Gasteiger partial charge in [0.25, 0.3) is 0 Å². The van der Waals surface area contributed by atoms with E-state index in [2.05, 4.69) is 53.5 Å². The molecule has 1 atom stereocenters. The van der Waals surface area contributed by atoms with Crippen molar-refractivity contribution >= 4 is 34.6 Å². The molecule has 1 aromatic heterocycles. The highest BCUT2D eigenvalue weighted by molar-refractivity contribution is 6.51. The number of nitrogens with one attached hydrogen (secondary N) is 1. The molecule has 3 heterocycles. The van der Waals surface area contributed by atoms with Gasteiger partial charge >= 0.3 is 0 Å². The van der Waals surface area contributed by atoms with Crippen LogP contribution in [0, 0.1) is 13.8 Å². The van der Waals surface area contributed by atoms with Gasteiger partial charge in [-0.1, -0.05) is 60.2 Å². The van der Waals surface area contributed by atoms with E-state index in [0.717, 1.165) is 45.4 Å². The summed E-state index contributed by atoms with van der Waals surface area (Å²) in [5.41, 5.74) is 7.62. The van der Waals surface area contributed by atoms with E-state index >= 15 is 0 Å². The second-order valence-corrected chi connectivity index (χ2v) is 10.3. The van der Waals surface area contributed by atoms with E-state index < -0.39 is 0 Å². The number of amidine groups is 2. The molecule has 8 heteroatoms. The Balaban J connectivity index is 1.52. The lowest BCUT2D eigenvalue weighted by Gasteiger charge is -2.41. The molecule has 0 unspecified atom stereocenters. The molecule has 0 radical (unpaired) electrons. The van der Waals surface area contributed by atoms with Crippen molar-refractivity contribution in [1.82, 2.24) is 9.78 Å². The number of benzene rings is 4. The maximum Gasteiger partial charge on any atom is 0.179 e. The van der Waals surface area contributed by atoms with Crippen LogP contribution in [-0.2, 0) is 0 Å². The third-order valence-corrected chi connectivity index (χ3v) is 7.68. The van der Waals surface area contributed by atoms with Crippen LogP contribution in [-0.4, -0.2) is 35.7 Å². The summed E-state index contributed by atoms with van der Waals surface area (Å²) in [6.45, 7) is 4.11. The van der Waals surface area contributed by atoms with Crippen LogP contribution in [0.3, 0.4) is 0 Å². The van der Waals surface area contributed by atoms with Crippen molar-refractivity contribution in [1.29, 1.82) is 0 Å². The van der Waals surface area contributed by atoms with Gasteiger partial charge in [-0.3, -0.25) is 0 Å². The first-order valence-electron chi connectivity index (χ1n) is 13.8. The number of nitrogens with zero attached hydrogens (tertiary/aromatic N) is 5. The predicted molar refractivity (Wildman–Crippen MR) is 168 cm³/mol. The first-order valence-corrected chi connectivity index (χ1v) is 13.8. The summed E-state index contributed by atoms with van der Waals surface area (Å²) in [6, 6.07) is 32.2. The standard InChI is InChI=1S/C34H30N6O2/c1-21-17-19-23(20-18-21)35-32-34-37-33-29(22(2)38-40(33)24-11-6-5-7-12-24)30(25-13-10-16-28(41-3)31(25)42-4)39(34)27-15-9-8-14-26(27)36-32/h5-20,30H,1-4H3,(H,35,36)/t30-/m1/s1. The molecular weight excluding hydrogens is 524 g/mol. The molecule has 2 aliphatic rings. The van der Waals surface area contributed by atoms with Gasteiger partial charge in [0.2, 0.25) is 0 Å². The van der Waals surface area contributed by atoms with Gasteiger partial charge < -0.3 is 19.7 Å². The Hall–Kier alpha value is -5.37. The van der Waals surface area contributed by atoms with Crippen molar-refractivity contribution in [2.24, 2.45) is 9.98 Å². The lowest BCUT2D eigenvalue weighted by molar-refractivity contribution is 0.350. The third-order valence-electron chi connectivity index (χ3n) is 7.68. The highest BCUT2D eigenvalue weighted by Gasteiger charge is 2.42. The van der Waals surface area contributed by atoms with Crippen molar-refractivity contribution in [2.45, 2.75) is 19.9 Å². The van der Waals surface area contributed by atoms with Crippen LogP contribution in [0.1, 0.15) is 28.4 Å². The monoisotopic (exact) mass is 554 g/mol. The Morgan fingerprint density at radius 1 is 0.762 bits per heavy atom. The van der Waals surface area contributed by atoms with Gasteiger partial charge in [-0.05, 0) is 56.3 Å². The van der Waals surface area contributed by atoms with E-state index in [9.17, 15) is 0 Å². The van der Waals surface area contributed by atoms with Crippen molar-refractivity contribution in [3.05, 3.63) is 119 Å². The first kappa shape index (κ1) is 25.6. The lowest BCUT2D eigenvalue weighted by Crippen LogP contribution is -2.46. The topological polar surface area (TPSA) is 76.3 Å². The molecule has 208 valence electrons. The maximum atomic E-state index is 6.00. The second-order valence-electron chi connectivity index (χ2n) is 10.3. The van der Waals surface area contributed by atoms with Crippen LogP contribution >= 0.6 is 0 Å². The molecule has 0 spiro atoms. The van der Waals surface area contributed by atoms with Gasteiger partial charge in [-0.2, -0.15) is 5.10 Å². The number of hydrogen-bond donors (Lipinski definition) is 1. The Kier molecular flexibility index (Phi) is 6.23. The van der Waals surface area contributed by atoms with E-state index in [1.54, 1.807) is 14.2 Å². The molecule has 0 fully saturated rings.